The first-order valence-corrected chi connectivity index (χ1v) is 6.87. The van der Waals surface area contributed by atoms with Crippen LogP contribution < -0.4 is 11.1 Å². The van der Waals surface area contributed by atoms with Gasteiger partial charge in [0.2, 0.25) is 0 Å². The molecule has 0 aliphatic heterocycles. The molecule has 0 atom stereocenters. The zero-order valence-corrected chi connectivity index (χ0v) is 11.0. The molecular weight excluding hydrogens is 234 g/mol. The summed E-state index contributed by atoms with van der Waals surface area (Å²) in [4.78, 5) is 5.42. The lowest BCUT2D eigenvalue weighted by molar-refractivity contribution is 0.412. The maximum absolute atomic E-state index is 5.87. The topological polar surface area (TPSA) is 76.2 Å². The number of nitrogens with zero attached hydrogens (tertiary/aromatic N) is 3. The molecule has 5 nitrogen and oxygen atoms in total. The number of aliphatic imine (C=N–C) groups is 1. The summed E-state index contributed by atoms with van der Waals surface area (Å²) in [6.07, 6.45) is 6.35. The van der Waals surface area contributed by atoms with Crippen molar-refractivity contribution in [3.8, 4) is 0 Å². The van der Waals surface area contributed by atoms with Crippen molar-refractivity contribution >= 4 is 17.5 Å². The second-order valence-corrected chi connectivity index (χ2v) is 5.30. The molecule has 0 saturated heterocycles. The summed E-state index contributed by atoms with van der Waals surface area (Å²) in [7, 11) is 0. The van der Waals surface area contributed by atoms with E-state index in [1.807, 2.05) is 6.92 Å². The third-order valence-corrected chi connectivity index (χ3v) is 3.90. The Labute approximate surface area is 106 Å². The summed E-state index contributed by atoms with van der Waals surface area (Å²) >= 11 is 1.39. The van der Waals surface area contributed by atoms with Crippen molar-refractivity contribution in [2.75, 3.05) is 0 Å². The third kappa shape index (κ3) is 3.66. The monoisotopic (exact) mass is 253 g/mol. The summed E-state index contributed by atoms with van der Waals surface area (Å²) in [6, 6.07) is 0.508. The Bertz CT molecular complexity index is 381. The van der Waals surface area contributed by atoms with Crippen LogP contribution in [0, 0.1) is 6.92 Å². The van der Waals surface area contributed by atoms with Gasteiger partial charge in [-0.15, -0.1) is 5.10 Å². The highest BCUT2D eigenvalue weighted by Crippen LogP contribution is 2.17. The van der Waals surface area contributed by atoms with Gasteiger partial charge in [0.05, 0.1) is 17.1 Å². The van der Waals surface area contributed by atoms with Crippen molar-refractivity contribution in [3.63, 3.8) is 0 Å². The van der Waals surface area contributed by atoms with Crippen LogP contribution in [0.3, 0.4) is 0 Å². The van der Waals surface area contributed by atoms with Gasteiger partial charge in [-0.05, 0) is 31.3 Å². The van der Waals surface area contributed by atoms with E-state index in [0.717, 1.165) is 10.6 Å². The number of aryl methyl sites for hydroxylation is 1. The van der Waals surface area contributed by atoms with E-state index in [-0.39, 0.29) is 0 Å². The summed E-state index contributed by atoms with van der Waals surface area (Å²) in [6.45, 7) is 2.52. The zero-order valence-electron chi connectivity index (χ0n) is 10.1. The first-order chi connectivity index (χ1) is 8.25. The first kappa shape index (κ1) is 12.3. The molecule has 94 valence electrons. The highest BCUT2D eigenvalue weighted by molar-refractivity contribution is 7.05. The highest BCUT2D eigenvalue weighted by Gasteiger charge is 2.13. The molecule has 1 heterocycles. The van der Waals surface area contributed by atoms with Crippen LogP contribution in [0.4, 0.5) is 0 Å². The van der Waals surface area contributed by atoms with E-state index < -0.39 is 0 Å². The van der Waals surface area contributed by atoms with Crippen molar-refractivity contribution in [2.24, 2.45) is 10.7 Å². The normalized spacial score (nSPS) is 18.3. The molecule has 0 unspecified atom stereocenters. The molecule has 6 heteroatoms. The third-order valence-electron chi connectivity index (χ3n) is 3.10. The van der Waals surface area contributed by atoms with Crippen molar-refractivity contribution in [3.05, 3.63) is 10.6 Å². The number of guanidine groups is 1. The molecule has 1 fully saturated rings. The Morgan fingerprint density at radius 2 is 2.24 bits per heavy atom. The maximum Gasteiger partial charge on any atom is 0.189 e. The zero-order chi connectivity index (χ0) is 12.1. The van der Waals surface area contributed by atoms with Crippen molar-refractivity contribution in [1.82, 2.24) is 14.9 Å². The Morgan fingerprint density at radius 3 is 2.88 bits per heavy atom. The SMILES string of the molecule is Cc1nnsc1CN=C(N)NC1CCCCC1. The Morgan fingerprint density at radius 1 is 1.47 bits per heavy atom. The van der Waals surface area contributed by atoms with Gasteiger partial charge in [0, 0.05) is 6.04 Å². The Balaban J connectivity index is 1.82. The van der Waals surface area contributed by atoms with Crippen LogP contribution in [0.15, 0.2) is 4.99 Å². The molecule has 0 amide bonds. The number of rotatable bonds is 3. The lowest BCUT2D eigenvalue weighted by Gasteiger charge is -2.23. The summed E-state index contributed by atoms with van der Waals surface area (Å²) < 4.78 is 3.88. The van der Waals surface area contributed by atoms with E-state index >= 15 is 0 Å². The summed E-state index contributed by atoms with van der Waals surface area (Å²) in [5, 5.41) is 7.24. The van der Waals surface area contributed by atoms with Crippen LogP contribution in [0.1, 0.15) is 42.7 Å². The van der Waals surface area contributed by atoms with Crippen molar-refractivity contribution < 1.29 is 0 Å². The number of hydrogen-bond donors (Lipinski definition) is 2. The van der Waals surface area contributed by atoms with Gasteiger partial charge in [-0.2, -0.15) is 0 Å². The van der Waals surface area contributed by atoms with Crippen LogP contribution >= 0.6 is 11.5 Å². The van der Waals surface area contributed by atoms with Crippen LogP contribution in [0.5, 0.6) is 0 Å². The lowest BCUT2D eigenvalue weighted by Crippen LogP contribution is -2.41. The smallest absolute Gasteiger partial charge is 0.189 e. The van der Waals surface area contributed by atoms with Crippen molar-refractivity contribution in [1.29, 1.82) is 0 Å². The summed E-state index contributed by atoms with van der Waals surface area (Å²) in [5.41, 5.74) is 6.82. The number of nitrogens with two attached hydrogens (primary N) is 1. The molecule has 1 aromatic rings. The van der Waals surface area contributed by atoms with Gasteiger partial charge in [-0.3, -0.25) is 0 Å². The van der Waals surface area contributed by atoms with E-state index in [1.165, 1.54) is 43.6 Å². The first-order valence-electron chi connectivity index (χ1n) is 6.10. The molecule has 17 heavy (non-hydrogen) atoms. The van der Waals surface area contributed by atoms with Gasteiger partial charge in [0.1, 0.15) is 0 Å². The van der Waals surface area contributed by atoms with Crippen LogP contribution in [-0.2, 0) is 6.54 Å². The Kier molecular flexibility index (Phi) is 4.30. The number of nitrogens with one attached hydrogen (secondary N) is 1. The second kappa shape index (κ2) is 5.95. The fraction of sp³-hybridized carbons (Fsp3) is 0.727. The van der Waals surface area contributed by atoms with Crippen LogP contribution in [0.25, 0.3) is 0 Å². The molecule has 0 aromatic carbocycles. The predicted octanol–water partition coefficient (Wildman–Crippen LogP) is 1.58. The van der Waals surface area contributed by atoms with Gasteiger partial charge in [0.25, 0.3) is 0 Å². The van der Waals surface area contributed by atoms with Crippen molar-refractivity contribution in [2.45, 2.75) is 51.6 Å². The average Bonchev–Trinajstić information content (AvgIpc) is 2.74. The molecule has 2 rings (SSSR count). The predicted molar refractivity (Wildman–Crippen MR) is 70.0 cm³/mol. The van der Waals surface area contributed by atoms with E-state index in [0.29, 0.717) is 18.5 Å². The van der Waals surface area contributed by atoms with Crippen LogP contribution in [0.2, 0.25) is 0 Å². The molecule has 1 aromatic heterocycles. The average molecular weight is 253 g/mol. The molecule has 3 N–H and O–H groups in total. The fourth-order valence-electron chi connectivity index (χ4n) is 2.05. The molecule has 1 aliphatic rings. The van der Waals surface area contributed by atoms with E-state index in [9.17, 15) is 0 Å². The lowest BCUT2D eigenvalue weighted by atomic mass is 9.96. The number of aromatic nitrogens is 2. The quantitative estimate of drug-likeness (QED) is 0.633. The maximum atomic E-state index is 5.87. The fourth-order valence-corrected chi connectivity index (χ4v) is 2.61. The van der Waals surface area contributed by atoms with Gasteiger partial charge in [-0.1, -0.05) is 23.8 Å². The standard InChI is InChI=1S/C11H19N5S/c1-8-10(17-16-15-8)7-13-11(12)14-9-5-3-2-4-6-9/h9H,2-7H2,1H3,(H3,12,13,14). The minimum atomic E-state index is 0.508. The van der Waals surface area contributed by atoms with Gasteiger partial charge in [-0.25, -0.2) is 4.99 Å². The molecule has 0 radical (unpaired) electrons. The molecule has 1 aliphatic carbocycles. The highest BCUT2D eigenvalue weighted by atomic mass is 32.1. The summed E-state index contributed by atoms with van der Waals surface area (Å²) in [5.74, 6) is 0.546. The van der Waals surface area contributed by atoms with Gasteiger partial charge >= 0.3 is 0 Å². The molecule has 1 saturated carbocycles. The minimum Gasteiger partial charge on any atom is -0.370 e. The van der Waals surface area contributed by atoms with Gasteiger partial charge < -0.3 is 11.1 Å². The molecule has 0 spiro atoms. The largest absolute Gasteiger partial charge is 0.370 e. The molecular formula is C11H19N5S. The van der Waals surface area contributed by atoms with E-state index in [1.54, 1.807) is 0 Å². The molecule has 0 bridgehead atoms. The van der Waals surface area contributed by atoms with E-state index in [2.05, 4.69) is 19.9 Å². The second-order valence-electron chi connectivity index (χ2n) is 4.46. The number of hydrogen-bond acceptors (Lipinski definition) is 4. The van der Waals surface area contributed by atoms with Gasteiger partial charge in [0.15, 0.2) is 5.96 Å². The minimum absolute atomic E-state index is 0.508. The van der Waals surface area contributed by atoms with E-state index in [4.69, 9.17) is 5.73 Å². The Hall–Kier alpha value is -1.17. The van der Waals surface area contributed by atoms with Crippen LogP contribution in [-0.4, -0.2) is 21.6 Å².